The molecule has 2 aliphatic carbocycles. The molecule has 2 fully saturated rings. The van der Waals surface area contributed by atoms with Gasteiger partial charge < -0.3 is 14.8 Å². The second-order valence-corrected chi connectivity index (χ2v) is 7.28. The van der Waals surface area contributed by atoms with Crippen LogP contribution < -0.4 is 5.32 Å². The summed E-state index contributed by atoms with van der Waals surface area (Å²) in [7, 11) is 0. The van der Waals surface area contributed by atoms with E-state index in [1.54, 1.807) is 0 Å². The summed E-state index contributed by atoms with van der Waals surface area (Å²) >= 11 is 0. The summed E-state index contributed by atoms with van der Waals surface area (Å²) in [6, 6.07) is 0.656. The van der Waals surface area contributed by atoms with Crippen LogP contribution in [0.15, 0.2) is 0 Å². The minimum atomic E-state index is 0.437. The van der Waals surface area contributed by atoms with Gasteiger partial charge in [-0.2, -0.15) is 0 Å². The fourth-order valence-corrected chi connectivity index (χ4v) is 4.08. The van der Waals surface area contributed by atoms with Crippen molar-refractivity contribution < 1.29 is 9.47 Å². The summed E-state index contributed by atoms with van der Waals surface area (Å²) in [6.07, 6.45) is 9.74. The van der Waals surface area contributed by atoms with Crippen molar-refractivity contribution in [3.05, 3.63) is 0 Å². The van der Waals surface area contributed by atoms with Crippen LogP contribution >= 0.6 is 0 Å². The Balaban J connectivity index is 1.68. The first-order valence-corrected chi connectivity index (χ1v) is 9.11. The zero-order valence-electron chi connectivity index (χ0n) is 14.3. The van der Waals surface area contributed by atoms with Crippen molar-refractivity contribution in [1.82, 2.24) is 5.32 Å². The van der Waals surface area contributed by atoms with Gasteiger partial charge in [0.15, 0.2) is 0 Å². The summed E-state index contributed by atoms with van der Waals surface area (Å²) in [5.41, 5.74) is 0.437. The minimum Gasteiger partial charge on any atom is -0.380 e. The van der Waals surface area contributed by atoms with Crippen molar-refractivity contribution in [1.29, 1.82) is 0 Å². The fraction of sp³-hybridized carbons (Fsp3) is 1.00. The number of hydrogen-bond acceptors (Lipinski definition) is 3. The number of rotatable bonds is 9. The van der Waals surface area contributed by atoms with Gasteiger partial charge in [-0.05, 0) is 38.5 Å². The molecule has 0 radical (unpaired) electrons. The van der Waals surface area contributed by atoms with Crippen molar-refractivity contribution in [2.45, 2.75) is 77.9 Å². The van der Waals surface area contributed by atoms with Crippen LogP contribution in [0.25, 0.3) is 0 Å². The first kappa shape index (κ1) is 17.2. The van der Waals surface area contributed by atoms with E-state index in [0.29, 0.717) is 17.6 Å². The molecule has 2 aliphatic rings. The predicted molar refractivity (Wildman–Crippen MR) is 87.6 cm³/mol. The zero-order chi connectivity index (χ0) is 15.1. The highest BCUT2D eigenvalue weighted by Crippen LogP contribution is 2.53. The molecule has 1 N–H and O–H groups in total. The molecule has 0 aromatic carbocycles. The topological polar surface area (TPSA) is 30.5 Å². The van der Waals surface area contributed by atoms with E-state index in [4.69, 9.17) is 9.47 Å². The number of ether oxygens (including phenoxy) is 2. The molecule has 2 atom stereocenters. The van der Waals surface area contributed by atoms with Gasteiger partial charge in [-0.3, -0.25) is 0 Å². The van der Waals surface area contributed by atoms with Gasteiger partial charge >= 0.3 is 0 Å². The third-order valence-electron chi connectivity index (χ3n) is 5.41. The standard InChI is InChI=1S/C18H35NO2/c1-4-21-17-14-16(18(17)9-6-5-7-10-18)19-11-13-20-12-8-15(2)3/h15-17,19H,4-14H2,1-3H3. The molecule has 0 bridgehead atoms. The molecule has 2 unspecified atom stereocenters. The van der Waals surface area contributed by atoms with Crippen molar-refractivity contribution in [3.63, 3.8) is 0 Å². The maximum Gasteiger partial charge on any atom is 0.0661 e. The van der Waals surface area contributed by atoms with Gasteiger partial charge in [0, 0.05) is 31.2 Å². The highest BCUT2D eigenvalue weighted by molar-refractivity contribution is 5.08. The molecular formula is C18H35NO2. The van der Waals surface area contributed by atoms with E-state index >= 15 is 0 Å². The van der Waals surface area contributed by atoms with Crippen LogP contribution in [0, 0.1) is 11.3 Å². The van der Waals surface area contributed by atoms with Gasteiger partial charge in [-0.25, -0.2) is 0 Å². The Bertz CT molecular complexity index is 287. The molecule has 0 aliphatic heterocycles. The monoisotopic (exact) mass is 297 g/mol. The Kier molecular flexibility index (Phi) is 6.97. The van der Waals surface area contributed by atoms with Gasteiger partial charge in [0.05, 0.1) is 12.7 Å². The molecule has 0 saturated heterocycles. The Morgan fingerprint density at radius 3 is 2.57 bits per heavy atom. The average molecular weight is 297 g/mol. The van der Waals surface area contributed by atoms with E-state index in [2.05, 4.69) is 26.1 Å². The van der Waals surface area contributed by atoms with Gasteiger partial charge in [-0.1, -0.05) is 33.1 Å². The molecule has 2 rings (SSSR count). The Hall–Kier alpha value is -0.120. The molecule has 3 nitrogen and oxygen atoms in total. The lowest BCUT2D eigenvalue weighted by molar-refractivity contribution is -0.150. The van der Waals surface area contributed by atoms with Gasteiger partial charge in [-0.15, -0.1) is 0 Å². The quantitative estimate of drug-likeness (QED) is 0.657. The van der Waals surface area contributed by atoms with E-state index in [1.165, 1.54) is 44.9 Å². The SMILES string of the molecule is CCOC1CC(NCCOCCC(C)C)C12CCCCC2. The van der Waals surface area contributed by atoms with E-state index in [1.807, 2.05) is 0 Å². The van der Waals surface area contributed by atoms with Crippen molar-refractivity contribution >= 4 is 0 Å². The van der Waals surface area contributed by atoms with E-state index in [0.717, 1.165) is 32.3 Å². The predicted octanol–water partition coefficient (Wildman–Crippen LogP) is 3.77. The Labute approximate surface area is 131 Å². The van der Waals surface area contributed by atoms with E-state index in [9.17, 15) is 0 Å². The fourth-order valence-electron chi connectivity index (χ4n) is 4.08. The van der Waals surface area contributed by atoms with Crippen LogP contribution in [0.3, 0.4) is 0 Å². The average Bonchev–Trinajstić information content (AvgIpc) is 2.49. The Morgan fingerprint density at radius 1 is 1.14 bits per heavy atom. The van der Waals surface area contributed by atoms with Crippen molar-refractivity contribution in [2.24, 2.45) is 11.3 Å². The maximum atomic E-state index is 6.00. The van der Waals surface area contributed by atoms with Crippen LogP contribution in [-0.2, 0) is 9.47 Å². The van der Waals surface area contributed by atoms with E-state index < -0.39 is 0 Å². The summed E-state index contributed by atoms with van der Waals surface area (Å²) in [6.45, 7) is 10.2. The zero-order valence-corrected chi connectivity index (χ0v) is 14.3. The molecule has 0 heterocycles. The van der Waals surface area contributed by atoms with Crippen molar-refractivity contribution in [2.75, 3.05) is 26.4 Å². The van der Waals surface area contributed by atoms with Crippen LogP contribution in [-0.4, -0.2) is 38.5 Å². The second-order valence-electron chi connectivity index (χ2n) is 7.28. The maximum absolute atomic E-state index is 6.00. The van der Waals surface area contributed by atoms with E-state index in [-0.39, 0.29) is 0 Å². The molecular weight excluding hydrogens is 262 g/mol. The van der Waals surface area contributed by atoms with Crippen LogP contribution in [0.4, 0.5) is 0 Å². The van der Waals surface area contributed by atoms with Gasteiger partial charge in [0.25, 0.3) is 0 Å². The molecule has 1 spiro atoms. The van der Waals surface area contributed by atoms with Gasteiger partial charge in [0.1, 0.15) is 0 Å². The summed E-state index contributed by atoms with van der Waals surface area (Å²) in [5.74, 6) is 0.738. The number of hydrogen-bond donors (Lipinski definition) is 1. The molecule has 2 saturated carbocycles. The lowest BCUT2D eigenvalue weighted by Gasteiger charge is -2.58. The smallest absolute Gasteiger partial charge is 0.0661 e. The van der Waals surface area contributed by atoms with Crippen LogP contribution in [0.2, 0.25) is 0 Å². The molecule has 0 aromatic rings. The normalized spacial score (nSPS) is 28.0. The minimum absolute atomic E-state index is 0.437. The van der Waals surface area contributed by atoms with Crippen LogP contribution in [0.5, 0.6) is 0 Å². The molecule has 124 valence electrons. The molecule has 0 aromatic heterocycles. The largest absolute Gasteiger partial charge is 0.380 e. The van der Waals surface area contributed by atoms with Gasteiger partial charge in [0.2, 0.25) is 0 Å². The number of nitrogens with one attached hydrogen (secondary N) is 1. The highest BCUT2D eigenvalue weighted by atomic mass is 16.5. The molecule has 0 amide bonds. The first-order chi connectivity index (χ1) is 10.2. The highest BCUT2D eigenvalue weighted by Gasteiger charge is 2.55. The molecule has 3 heteroatoms. The lowest BCUT2D eigenvalue weighted by Crippen LogP contribution is -2.64. The third-order valence-corrected chi connectivity index (χ3v) is 5.41. The summed E-state index contributed by atoms with van der Waals surface area (Å²) in [5, 5.41) is 3.75. The van der Waals surface area contributed by atoms with Crippen molar-refractivity contribution in [3.8, 4) is 0 Å². The summed E-state index contributed by atoms with van der Waals surface area (Å²) in [4.78, 5) is 0. The summed E-state index contributed by atoms with van der Waals surface area (Å²) < 4.78 is 11.7. The first-order valence-electron chi connectivity index (χ1n) is 9.11. The lowest BCUT2D eigenvalue weighted by atomic mass is 9.55. The van der Waals surface area contributed by atoms with Crippen LogP contribution in [0.1, 0.15) is 65.7 Å². The molecule has 21 heavy (non-hydrogen) atoms. The second kappa shape index (κ2) is 8.50. The third kappa shape index (κ3) is 4.43. The Morgan fingerprint density at radius 2 is 1.90 bits per heavy atom.